The summed E-state index contributed by atoms with van der Waals surface area (Å²) >= 11 is 0. The van der Waals surface area contributed by atoms with Crippen molar-refractivity contribution in [3.63, 3.8) is 0 Å². The SMILES string of the molecule is O=[PH](O)On1cnc2cncnc21. The number of fused-ring (bicyclic) bond motifs is 1. The Balaban J connectivity index is 2.51. The molecule has 0 radical (unpaired) electrons. The lowest BCUT2D eigenvalue weighted by Crippen LogP contribution is -2.02. The Bertz CT molecular complexity index is 456. The van der Waals surface area contributed by atoms with Crippen LogP contribution in [0.3, 0.4) is 0 Å². The van der Waals surface area contributed by atoms with Crippen LogP contribution in [0.15, 0.2) is 18.9 Å². The molecule has 0 aliphatic heterocycles. The molecule has 7 nitrogen and oxygen atoms in total. The highest BCUT2D eigenvalue weighted by Gasteiger charge is 2.04. The molecule has 1 N–H and O–H groups in total. The van der Waals surface area contributed by atoms with Gasteiger partial charge in [0.05, 0.1) is 6.20 Å². The second kappa shape index (κ2) is 3.12. The van der Waals surface area contributed by atoms with Crippen molar-refractivity contribution in [2.45, 2.75) is 0 Å². The summed E-state index contributed by atoms with van der Waals surface area (Å²) in [6.45, 7) is 0. The van der Waals surface area contributed by atoms with Crippen LogP contribution in [0, 0.1) is 0 Å². The van der Waals surface area contributed by atoms with Crippen LogP contribution in [-0.4, -0.2) is 24.6 Å². The van der Waals surface area contributed by atoms with E-state index in [1.165, 1.54) is 18.9 Å². The summed E-state index contributed by atoms with van der Waals surface area (Å²) < 4.78 is 16.0. The van der Waals surface area contributed by atoms with Crippen molar-refractivity contribution < 1.29 is 14.1 Å². The number of imidazole rings is 1. The zero-order valence-corrected chi connectivity index (χ0v) is 7.28. The maximum absolute atomic E-state index is 10.4. The minimum atomic E-state index is -3.03. The normalized spacial score (nSPS) is 13.0. The topological polar surface area (TPSA) is 90.1 Å². The van der Waals surface area contributed by atoms with Gasteiger partial charge in [-0.1, -0.05) is 0 Å². The van der Waals surface area contributed by atoms with Gasteiger partial charge in [0, 0.05) is 0 Å². The summed E-state index contributed by atoms with van der Waals surface area (Å²) in [7, 11) is -3.03. The Hall–Kier alpha value is -1.46. The molecule has 13 heavy (non-hydrogen) atoms. The first-order chi connectivity index (χ1) is 6.27. The second-order valence-electron chi connectivity index (χ2n) is 2.16. The van der Waals surface area contributed by atoms with Gasteiger partial charge in [0.2, 0.25) is 0 Å². The first kappa shape index (κ1) is 8.15. The minimum Gasteiger partial charge on any atom is -0.332 e. The van der Waals surface area contributed by atoms with E-state index in [4.69, 9.17) is 4.89 Å². The second-order valence-corrected chi connectivity index (χ2v) is 2.87. The lowest BCUT2D eigenvalue weighted by atomic mass is 10.6. The fourth-order valence-electron chi connectivity index (χ4n) is 0.897. The Morgan fingerprint density at radius 1 is 1.54 bits per heavy atom. The van der Waals surface area contributed by atoms with Crippen molar-refractivity contribution in [2.24, 2.45) is 0 Å². The van der Waals surface area contributed by atoms with E-state index in [-0.39, 0.29) is 0 Å². The first-order valence-electron chi connectivity index (χ1n) is 3.31. The summed E-state index contributed by atoms with van der Waals surface area (Å²) in [4.78, 5) is 19.9. The Morgan fingerprint density at radius 3 is 3.15 bits per heavy atom. The Morgan fingerprint density at radius 2 is 2.38 bits per heavy atom. The van der Waals surface area contributed by atoms with E-state index in [2.05, 4.69) is 19.6 Å². The van der Waals surface area contributed by atoms with Crippen LogP contribution in [-0.2, 0) is 4.57 Å². The summed E-state index contributed by atoms with van der Waals surface area (Å²) in [6, 6.07) is 0. The van der Waals surface area contributed by atoms with E-state index in [0.29, 0.717) is 11.2 Å². The molecule has 68 valence electrons. The molecule has 2 aromatic rings. The molecular formula is C5H5N4O3P. The van der Waals surface area contributed by atoms with Crippen LogP contribution in [0.5, 0.6) is 0 Å². The summed E-state index contributed by atoms with van der Waals surface area (Å²) in [5, 5.41) is 0. The standard InChI is InChI=1S/C5H5N4O3P/c10-13(11)12-9-3-8-4-1-6-2-7-5(4)9/h1-3,13H,(H,10,11). The lowest BCUT2D eigenvalue weighted by Gasteiger charge is -1.99. The van der Waals surface area contributed by atoms with Crippen molar-refractivity contribution >= 4 is 19.4 Å². The quantitative estimate of drug-likeness (QED) is 0.665. The third-order valence-corrected chi connectivity index (χ3v) is 1.71. The van der Waals surface area contributed by atoms with Crippen LogP contribution >= 0.6 is 8.25 Å². The third kappa shape index (κ3) is 1.51. The van der Waals surface area contributed by atoms with Crippen molar-refractivity contribution in [1.82, 2.24) is 19.7 Å². The van der Waals surface area contributed by atoms with Crippen molar-refractivity contribution in [1.29, 1.82) is 0 Å². The number of rotatable bonds is 2. The number of nitrogens with zero attached hydrogens (tertiary/aromatic N) is 4. The van der Waals surface area contributed by atoms with Gasteiger partial charge in [-0.3, -0.25) is 0 Å². The van der Waals surface area contributed by atoms with Crippen molar-refractivity contribution in [3.05, 3.63) is 18.9 Å². The van der Waals surface area contributed by atoms with Gasteiger partial charge in [-0.05, 0) is 0 Å². The highest BCUT2D eigenvalue weighted by molar-refractivity contribution is 7.32. The molecule has 2 heterocycles. The molecule has 1 atom stereocenters. The molecule has 0 aliphatic rings. The van der Waals surface area contributed by atoms with E-state index >= 15 is 0 Å². The molecule has 0 aliphatic carbocycles. The van der Waals surface area contributed by atoms with E-state index in [1.807, 2.05) is 0 Å². The van der Waals surface area contributed by atoms with Gasteiger partial charge in [-0.15, -0.1) is 4.73 Å². The molecule has 0 aromatic carbocycles. The van der Waals surface area contributed by atoms with Gasteiger partial charge < -0.3 is 9.52 Å². The fourth-order valence-corrected chi connectivity index (χ4v) is 1.20. The number of hydrogen-bond acceptors (Lipinski definition) is 5. The van der Waals surface area contributed by atoms with Crippen LogP contribution in [0.1, 0.15) is 0 Å². The average molecular weight is 200 g/mol. The number of aromatic nitrogens is 4. The van der Waals surface area contributed by atoms with Crippen molar-refractivity contribution in [3.8, 4) is 0 Å². The van der Waals surface area contributed by atoms with E-state index in [0.717, 1.165) is 4.73 Å². The monoisotopic (exact) mass is 200 g/mol. The van der Waals surface area contributed by atoms with E-state index in [1.54, 1.807) is 0 Å². The van der Waals surface area contributed by atoms with Gasteiger partial charge in [0.25, 0.3) is 0 Å². The molecule has 0 saturated carbocycles. The molecule has 2 aromatic heterocycles. The van der Waals surface area contributed by atoms with Gasteiger partial charge >= 0.3 is 8.25 Å². The summed E-state index contributed by atoms with van der Waals surface area (Å²) in [6.07, 6.45) is 4.05. The Labute approximate surface area is 72.9 Å². The third-order valence-electron chi connectivity index (χ3n) is 1.36. The molecule has 2 rings (SSSR count). The summed E-state index contributed by atoms with van der Waals surface area (Å²) in [5.74, 6) is 0. The molecule has 0 bridgehead atoms. The lowest BCUT2D eigenvalue weighted by molar-refractivity contribution is 0.258. The van der Waals surface area contributed by atoms with Crippen LogP contribution < -0.4 is 4.62 Å². The molecule has 8 heteroatoms. The highest BCUT2D eigenvalue weighted by atomic mass is 31.1. The zero-order chi connectivity index (χ0) is 9.26. The van der Waals surface area contributed by atoms with Crippen LogP contribution in [0.25, 0.3) is 11.2 Å². The predicted octanol–water partition coefficient (Wildman–Crippen LogP) is -0.363. The van der Waals surface area contributed by atoms with Gasteiger partial charge in [-0.2, -0.15) is 0 Å². The summed E-state index contributed by atoms with van der Waals surface area (Å²) in [5.41, 5.74) is 0.869. The maximum Gasteiger partial charge on any atom is 0.384 e. The van der Waals surface area contributed by atoms with E-state index in [9.17, 15) is 4.57 Å². The van der Waals surface area contributed by atoms with Gasteiger partial charge in [0.15, 0.2) is 5.65 Å². The first-order valence-corrected chi connectivity index (χ1v) is 4.58. The zero-order valence-electron chi connectivity index (χ0n) is 6.28. The van der Waals surface area contributed by atoms with Crippen molar-refractivity contribution in [2.75, 3.05) is 0 Å². The van der Waals surface area contributed by atoms with E-state index < -0.39 is 8.25 Å². The Kier molecular flexibility index (Phi) is 1.96. The van der Waals surface area contributed by atoms with Crippen LogP contribution in [0.2, 0.25) is 0 Å². The smallest absolute Gasteiger partial charge is 0.332 e. The maximum atomic E-state index is 10.4. The molecule has 1 unspecified atom stereocenters. The molecule has 0 fully saturated rings. The largest absolute Gasteiger partial charge is 0.384 e. The fraction of sp³-hybridized carbons (Fsp3) is 0. The highest BCUT2D eigenvalue weighted by Crippen LogP contribution is 2.13. The molecule has 0 saturated heterocycles. The molecular weight excluding hydrogens is 195 g/mol. The average Bonchev–Trinajstić information content (AvgIpc) is 2.48. The predicted molar refractivity (Wildman–Crippen MR) is 43.1 cm³/mol. The number of hydrogen-bond donors (Lipinski definition) is 1. The molecule has 0 amide bonds. The minimum absolute atomic E-state index is 0.363. The van der Waals surface area contributed by atoms with Gasteiger partial charge in [-0.25, -0.2) is 19.5 Å². The van der Waals surface area contributed by atoms with Crippen LogP contribution in [0.4, 0.5) is 0 Å². The molecule has 0 spiro atoms. The van der Waals surface area contributed by atoms with Gasteiger partial charge in [0.1, 0.15) is 18.2 Å².